The van der Waals surface area contributed by atoms with E-state index in [0.717, 1.165) is 32.1 Å². The second-order valence-corrected chi connectivity index (χ2v) is 8.11. The molecule has 1 amide bonds. The van der Waals surface area contributed by atoms with Gasteiger partial charge in [0.15, 0.2) is 5.69 Å². The standard InChI is InChI=1S/C25H27N3O4/c1-2-3-9-16-28-24(30)20-13-8-7-12-19(20)21(27-28)25(31)32-22(17-10-5-4-6-11-17)23(29)26-18-14-15-18/h4-8,10-13,18,22H,2-3,9,14-16H2,1H3,(H,26,29). The fourth-order valence-electron chi connectivity index (χ4n) is 3.62. The van der Waals surface area contributed by atoms with Crippen molar-refractivity contribution in [3.63, 3.8) is 0 Å². The van der Waals surface area contributed by atoms with Gasteiger partial charge < -0.3 is 10.1 Å². The molecule has 1 atom stereocenters. The molecule has 7 heteroatoms. The van der Waals surface area contributed by atoms with Crippen molar-refractivity contribution in [1.82, 2.24) is 15.1 Å². The summed E-state index contributed by atoms with van der Waals surface area (Å²) in [6.45, 7) is 2.50. The number of amides is 1. The van der Waals surface area contributed by atoms with Crippen LogP contribution in [0.1, 0.15) is 61.2 Å². The van der Waals surface area contributed by atoms with Gasteiger partial charge in [-0.2, -0.15) is 5.10 Å². The number of aryl methyl sites for hydroxylation is 1. The molecule has 0 bridgehead atoms. The first kappa shape index (κ1) is 21.7. The summed E-state index contributed by atoms with van der Waals surface area (Å²) in [6.07, 6.45) is 3.51. The molecule has 1 heterocycles. The third kappa shape index (κ3) is 4.88. The highest BCUT2D eigenvalue weighted by molar-refractivity contribution is 6.03. The van der Waals surface area contributed by atoms with Crippen molar-refractivity contribution in [2.24, 2.45) is 0 Å². The summed E-state index contributed by atoms with van der Waals surface area (Å²) in [7, 11) is 0. The van der Waals surface area contributed by atoms with Gasteiger partial charge in [-0.25, -0.2) is 9.48 Å². The fraction of sp³-hybridized carbons (Fsp3) is 0.360. The fourth-order valence-corrected chi connectivity index (χ4v) is 3.62. The lowest BCUT2D eigenvalue weighted by Gasteiger charge is -2.18. The molecule has 1 N–H and O–H groups in total. The van der Waals surface area contributed by atoms with Gasteiger partial charge in [-0.1, -0.05) is 68.3 Å². The summed E-state index contributed by atoms with van der Waals surface area (Å²) in [5.41, 5.74) is 0.385. The lowest BCUT2D eigenvalue weighted by atomic mass is 10.1. The molecule has 1 unspecified atom stereocenters. The molecule has 2 aromatic carbocycles. The summed E-state index contributed by atoms with van der Waals surface area (Å²) in [6, 6.07) is 15.9. The number of benzene rings is 2. The average molecular weight is 434 g/mol. The Bertz CT molecular complexity index is 1170. The van der Waals surface area contributed by atoms with Crippen LogP contribution < -0.4 is 10.9 Å². The molecule has 1 fully saturated rings. The molecular weight excluding hydrogens is 406 g/mol. The number of hydrogen-bond acceptors (Lipinski definition) is 5. The lowest BCUT2D eigenvalue weighted by Crippen LogP contribution is -2.34. The Morgan fingerprint density at radius 1 is 1.06 bits per heavy atom. The Kier molecular flexibility index (Phi) is 6.63. The summed E-state index contributed by atoms with van der Waals surface area (Å²) in [5.74, 6) is -1.09. The highest BCUT2D eigenvalue weighted by Gasteiger charge is 2.32. The van der Waals surface area contributed by atoms with Crippen LogP contribution in [-0.4, -0.2) is 27.7 Å². The van der Waals surface area contributed by atoms with Crippen molar-refractivity contribution in [2.75, 3.05) is 0 Å². The van der Waals surface area contributed by atoms with Crippen LogP contribution in [0, 0.1) is 0 Å². The lowest BCUT2D eigenvalue weighted by molar-refractivity contribution is -0.130. The molecule has 0 spiro atoms. The Morgan fingerprint density at radius 3 is 2.44 bits per heavy atom. The van der Waals surface area contributed by atoms with Crippen LogP contribution in [0.25, 0.3) is 10.8 Å². The van der Waals surface area contributed by atoms with E-state index < -0.39 is 12.1 Å². The molecule has 3 aromatic rings. The van der Waals surface area contributed by atoms with E-state index in [-0.39, 0.29) is 23.2 Å². The van der Waals surface area contributed by atoms with E-state index in [4.69, 9.17) is 4.74 Å². The maximum atomic E-state index is 13.3. The minimum Gasteiger partial charge on any atom is -0.442 e. The Morgan fingerprint density at radius 2 is 1.75 bits per heavy atom. The van der Waals surface area contributed by atoms with Crippen molar-refractivity contribution < 1.29 is 14.3 Å². The van der Waals surface area contributed by atoms with Crippen LogP contribution >= 0.6 is 0 Å². The predicted molar refractivity (Wildman–Crippen MR) is 121 cm³/mol. The van der Waals surface area contributed by atoms with Gasteiger partial charge in [-0.05, 0) is 25.3 Å². The van der Waals surface area contributed by atoms with E-state index in [1.165, 1.54) is 4.68 Å². The summed E-state index contributed by atoms with van der Waals surface area (Å²) < 4.78 is 7.04. The zero-order valence-corrected chi connectivity index (χ0v) is 18.1. The quantitative estimate of drug-likeness (QED) is 0.410. The van der Waals surface area contributed by atoms with Crippen molar-refractivity contribution in [3.8, 4) is 0 Å². The van der Waals surface area contributed by atoms with Crippen LogP contribution in [0.4, 0.5) is 0 Å². The first-order valence-corrected chi connectivity index (χ1v) is 11.1. The van der Waals surface area contributed by atoms with E-state index in [9.17, 15) is 14.4 Å². The minimum atomic E-state index is -1.09. The Hall–Kier alpha value is -3.48. The first-order valence-electron chi connectivity index (χ1n) is 11.1. The normalized spacial score (nSPS) is 14.2. The summed E-state index contributed by atoms with van der Waals surface area (Å²) >= 11 is 0. The SMILES string of the molecule is CCCCCn1nc(C(=O)OC(C(=O)NC2CC2)c2ccccc2)c2ccccc2c1=O. The molecule has 0 saturated heterocycles. The van der Waals surface area contributed by atoms with E-state index in [1.54, 1.807) is 48.5 Å². The minimum absolute atomic E-state index is 0.0388. The van der Waals surface area contributed by atoms with Crippen molar-refractivity contribution in [2.45, 2.75) is 57.7 Å². The second-order valence-electron chi connectivity index (χ2n) is 8.11. The molecule has 7 nitrogen and oxygen atoms in total. The van der Waals surface area contributed by atoms with Gasteiger partial charge in [0.2, 0.25) is 6.10 Å². The number of hydrogen-bond donors (Lipinski definition) is 1. The number of nitrogens with zero attached hydrogens (tertiary/aromatic N) is 2. The van der Waals surface area contributed by atoms with Crippen molar-refractivity contribution in [1.29, 1.82) is 0 Å². The molecule has 1 aliphatic carbocycles. The van der Waals surface area contributed by atoms with Crippen LogP contribution in [-0.2, 0) is 16.1 Å². The van der Waals surface area contributed by atoms with E-state index in [0.29, 0.717) is 22.9 Å². The number of ether oxygens (including phenoxy) is 1. The van der Waals surface area contributed by atoms with Crippen LogP contribution in [0.15, 0.2) is 59.4 Å². The molecule has 0 radical (unpaired) electrons. The highest BCUT2D eigenvalue weighted by atomic mass is 16.5. The molecule has 1 saturated carbocycles. The number of aromatic nitrogens is 2. The van der Waals surface area contributed by atoms with Gasteiger partial charge in [-0.15, -0.1) is 0 Å². The Labute approximate surface area is 186 Å². The number of carbonyl (C=O) groups is 2. The van der Waals surface area contributed by atoms with Gasteiger partial charge in [0.1, 0.15) is 0 Å². The predicted octanol–water partition coefficient (Wildman–Crippen LogP) is 3.76. The topological polar surface area (TPSA) is 90.3 Å². The van der Waals surface area contributed by atoms with Gasteiger partial charge in [0.05, 0.1) is 5.39 Å². The van der Waals surface area contributed by atoms with Crippen LogP contribution in [0.2, 0.25) is 0 Å². The molecule has 1 aromatic heterocycles. The number of carbonyl (C=O) groups excluding carboxylic acids is 2. The maximum absolute atomic E-state index is 13.3. The average Bonchev–Trinajstić information content (AvgIpc) is 3.63. The van der Waals surface area contributed by atoms with Crippen molar-refractivity contribution >= 4 is 22.6 Å². The van der Waals surface area contributed by atoms with Gasteiger partial charge >= 0.3 is 5.97 Å². The van der Waals surface area contributed by atoms with Crippen LogP contribution in [0.3, 0.4) is 0 Å². The Balaban J connectivity index is 1.68. The number of rotatable bonds is 9. The van der Waals surface area contributed by atoms with Gasteiger partial charge in [-0.3, -0.25) is 9.59 Å². The maximum Gasteiger partial charge on any atom is 0.360 e. The van der Waals surface area contributed by atoms with Gasteiger partial charge in [0, 0.05) is 23.5 Å². The number of unbranched alkanes of at least 4 members (excludes halogenated alkanes) is 2. The smallest absolute Gasteiger partial charge is 0.360 e. The second kappa shape index (κ2) is 9.77. The monoisotopic (exact) mass is 433 g/mol. The number of esters is 1. The largest absolute Gasteiger partial charge is 0.442 e. The highest BCUT2D eigenvalue weighted by Crippen LogP contribution is 2.25. The third-order valence-electron chi connectivity index (χ3n) is 5.52. The number of fused-ring (bicyclic) bond motifs is 1. The molecular formula is C25H27N3O4. The molecule has 0 aliphatic heterocycles. The zero-order valence-electron chi connectivity index (χ0n) is 18.1. The zero-order chi connectivity index (χ0) is 22.5. The first-order chi connectivity index (χ1) is 15.6. The summed E-state index contributed by atoms with van der Waals surface area (Å²) in [5, 5.41) is 8.09. The number of nitrogens with one attached hydrogen (secondary N) is 1. The van der Waals surface area contributed by atoms with E-state index >= 15 is 0 Å². The van der Waals surface area contributed by atoms with E-state index in [1.807, 2.05) is 6.07 Å². The van der Waals surface area contributed by atoms with E-state index in [2.05, 4.69) is 17.3 Å². The van der Waals surface area contributed by atoms with Crippen LogP contribution in [0.5, 0.6) is 0 Å². The molecule has 1 aliphatic rings. The van der Waals surface area contributed by atoms with Gasteiger partial charge in [0.25, 0.3) is 11.5 Å². The molecule has 4 rings (SSSR count). The molecule has 32 heavy (non-hydrogen) atoms. The van der Waals surface area contributed by atoms with Crippen molar-refractivity contribution in [3.05, 3.63) is 76.2 Å². The third-order valence-corrected chi connectivity index (χ3v) is 5.52. The summed E-state index contributed by atoms with van der Waals surface area (Å²) in [4.78, 5) is 39.0. The molecule has 166 valence electrons.